The normalized spacial score (nSPS) is 10.2. The average molecular weight is 326 g/mol. The minimum Gasteiger partial charge on any atom is -0.381 e. The first kappa shape index (κ1) is 15.3. The first-order chi connectivity index (χ1) is 10.0. The van der Waals surface area contributed by atoms with Gasteiger partial charge in [0.2, 0.25) is 0 Å². The molecule has 21 heavy (non-hydrogen) atoms. The van der Waals surface area contributed by atoms with Crippen molar-refractivity contribution in [2.45, 2.75) is 6.54 Å². The first-order valence-electron chi connectivity index (χ1n) is 5.98. The van der Waals surface area contributed by atoms with Crippen LogP contribution in [0.4, 0.5) is 10.7 Å². The highest BCUT2D eigenvalue weighted by atomic mass is 35.5. The molecule has 8 heteroatoms. The van der Waals surface area contributed by atoms with Gasteiger partial charge in [-0.15, -0.1) is 0 Å². The average Bonchev–Trinajstić information content (AvgIpc) is 2.93. The molecular weight excluding hydrogens is 314 g/mol. The number of halogens is 1. The Bertz CT molecular complexity index is 687. The lowest BCUT2D eigenvalue weighted by atomic mass is 10.2. The van der Waals surface area contributed by atoms with Crippen LogP contribution in [0.2, 0.25) is 5.02 Å². The molecule has 1 amide bonds. The molecule has 0 saturated heterocycles. The van der Waals surface area contributed by atoms with Gasteiger partial charge in [0, 0.05) is 30.7 Å². The van der Waals surface area contributed by atoms with Crippen LogP contribution in [0.15, 0.2) is 29.6 Å². The van der Waals surface area contributed by atoms with E-state index in [1.807, 2.05) is 0 Å². The van der Waals surface area contributed by atoms with Gasteiger partial charge >= 0.3 is 5.00 Å². The molecule has 110 valence electrons. The summed E-state index contributed by atoms with van der Waals surface area (Å²) in [7, 11) is 1.54. The molecule has 0 bridgehead atoms. The summed E-state index contributed by atoms with van der Waals surface area (Å²) < 4.78 is 0. The van der Waals surface area contributed by atoms with E-state index >= 15 is 0 Å². The van der Waals surface area contributed by atoms with E-state index in [0.29, 0.717) is 17.1 Å². The lowest BCUT2D eigenvalue weighted by molar-refractivity contribution is -0.380. The van der Waals surface area contributed by atoms with Crippen molar-refractivity contribution < 1.29 is 9.72 Å². The van der Waals surface area contributed by atoms with Crippen molar-refractivity contribution in [3.63, 3.8) is 0 Å². The highest BCUT2D eigenvalue weighted by Gasteiger charge is 2.11. The maximum absolute atomic E-state index is 11.5. The van der Waals surface area contributed by atoms with Crippen LogP contribution in [-0.2, 0) is 6.54 Å². The zero-order valence-electron chi connectivity index (χ0n) is 11.1. The smallest absolute Gasteiger partial charge is 0.324 e. The van der Waals surface area contributed by atoms with Crippen molar-refractivity contribution in [2.24, 2.45) is 0 Å². The monoisotopic (exact) mass is 325 g/mol. The number of nitrogens with zero attached hydrogens (tertiary/aromatic N) is 1. The number of anilines is 1. The molecular formula is C13H12ClN3O3S. The van der Waals surface area contributed by atoms with Gasteiger partial charge in [-0.1, -0.05) is 22.9 Å². The van der Waals surface area contributed by atoms with Gasteiger partial charge in [-0.3, -0.25) is 14.9 Å². The fraction of sp³-hybridized carbons (Fsp3) is 0.154. The second kappa shape index (κ2) is 6.55. The lowest BCUT2D eigenvalue weighted by Gasteiger charge is -2.08. The van der Waals surface area contributed by atoms with Crippen molar-refractivity contribution in [3.05, 3.63) is 55.9 Å². The van der Waals surface area contributed by atoms with Gasteiger partial charge in [-0.2, -0.15) is 0 Å². The summed E-state index contributed by atoms with van der Waals surface area (Å²) in [5.41, 5.74) is 1.95. The second-order valence-corrected chi connectivity index (χ2v) is 5.47. The van der Waals surface area contributed by atoms with Crippen LogP contribution >= 0.6 is 22.9 Å². The summed E-state index contributed by atoms with van der Waals surface area (Å²) in [6.45, 7) is 0.444. The van der Waals surface area contributed by atoms with Gasteiger partial charge < -0.3 is 10.6 Å². The zero-order valence-corrected chi connectivity index (χ0v) is 12.6. The first-order valence-corrected chi connectivity index (χ1v) is 7.24. The van der Waals surface area contributed by atoms with Gasteiger partial charge in [-0.25, -0.2) is 0 Å². The molecule has 0 saturated carbocycles. The van der Waals surface area contributed by atoms with Crippen molar-refractivity contribution in [3.8, 4) is 0 Å². The van der Waals surface area contributed by atoms with Gasteiger partial charge in [0.25, 0.3) is 5.91 Å². The van der Waals surface area contributed by atoms with E-state index in [9.17, 15) is 14.9 Å². The van der Waals surface area contributed by atoms with Crippen molar-refractivity contribution in [1.82, 2.24) is 5.32 Å². The van der Waals surface area contributed by atoms with Crippen LogP contribution < -0.4 is 10.6 Å². The van der Waals surface area contributed by atoms with Crippen LogP contribution in [0.25, 0.3) is 0 Å². The van der Waals surface area contributed by atoms with Crippen molar-refractivity contribution >= 4 is 39.5 Å². The summed E-state index contributed by atoms with van der Waals surface area (Å²) in [6, 6.07) is 6.53. The number of amides is 1. The molecule has 2 aromatic rings. The predicted octanol–water partition coefficient (Wildman–Crippen LogP) is 3.28. The highest BCUT2D eigenvalue weighted by molar-refractivity contribution is 7.13. The number of thiophene rings is 1. The Labute approximate surface area is 129 Å². The molecule has 0 aliphatic rings. The minimum atomic E-state index is -0.414. The van der Waals surface area contributed by atoms with Crippen LogP contribution in [0.1, 0.15) is 15.9 Å². The third-order valence-corrected chi connectivity index (χ3v) is 4.00. The van der Waals surface area contributed by atoms with E-state index in [4.69, 9.17) is 11.6 Å². The number of hydrogen-bond acceptors (Lipinski definition) is 5. The summed E-state index contributed by atoms with van der Waals surface area (Å²) >= 11 is 7.13. The fourth-order valence-corrected chi connectivity index (χ4v) is 2.69. The largest absolute Gasteiger partial charge is 0.381 e. The van der Waals surface area contributed by atoms with E-state index < -0.39 is 4.92 Å². The van der Waals surface area contributed by atoms with Gasteiger partial charge in [0.05, 0.1) is 15.5 Å². The standard InChI is InChI=1S/C13H12ClN3O3S/c1-15-13(18)10-3-2-9(5-11(10)14)16-6-8-4-12(17(19)20)21-7-8/h2-5,7,16H,6H2,1H3,(H,15,18). The van der Waals surface area contributed by atoms with E-state index in [1.54, 1.807) is 23.6 Å². The number of carbonyl (C=O) groups is 1. The molecule has 2 rings (SSSR count). The molecule has 1 aromatic carbocycles. The number of hydrogen-bond donors (Lipinski definition) is 2. The van der Waals surface area contributed by atoms with E-state index in [0.717, 1.165) is 22.6 Å². The zero-order chi connectivity index (χ0) is 15.4. The van der Waals surface area contributed by atoms with Gasteiger partial charge in [0.1, 0.15) is 0 Å². The summed E-state index contributed by atoms with van der Waals surface area (Å²) in [4.78, 5) is 21.7. The molecule has 6 nitrogen and oxygen atoms in total. The molecule has 0 aliphatic carbocycles. The Hall–Kier alpha value is -2.12. The Morgan fingerprint density at radius 2 is 2.19 bits per heavy atom. The second-order valence-electron chi connectivity index (χ2n) is 4.18. The van der Waals surface area contributed by atoms with Crippen LogP contribution in [0.3, 0.4) is 0 Å². The number of benzene rings is 1. The number of carbonyl (C=O) groups excluding carboxylic acids is 1. The molecule has 2 N–H and O–H groups in total. The van der Waals surface area contributed by atoms with E-state index in [2.05, 4.69) is 10.6 Å². The molecule has 0 atom stereocenters. The SMILES string of the molecule is CNC(=O)c1ccc(NCc2csc([N+](=O)[O-])c2)cc1Cl. The van der Waals surface area contributed by atoms with Crippen LogP contribution in [0.5, 0.6) is 0 Å². The topological polar surface area (TPSA) is 84.3 Å². The van der Waals surface area contributed by atoms with E-state index in [1.165, 1.54) is 13.1 Å². The maximum Gasteiger partial charge on any atom is 0.324 e. The molecule has 1 heterocycles. The Morgan fingerprint density at radius 3 is 2.76 bits per heavy atom. The number of nitrogens with one attached hydrogen (secondary N) is 2. The predicted molar refractivity (Wildman–Crippen MR) is 83.1 cm³/mol. The molecule has 0 fully saturated rings. The Kier molecular flexibility index (Phi) is 4.77. The molecule has 0 radical (unpaired) electrons. The fourth-order valence-electron chi connectivity index (χ4n) is 1.70. The molecule has 0 unspecified atom stereocenters. The third-order valence-electron chi connectivity index (χ3n) is 2.76. The number of rotatable bonds is 5. The minimum absolute atomic E-state index is 0.111. The van der Waals surface area contributed by atoms with Gasteiger partial charge in [-0.05, 0) is 23.8 Å². The van der Waals surface area contributed by atoms with Crippen molar-refractivity contribution in [1.29, 1.82) is 0 Å². The molecule has 1 aromatic heterocycles. The summed E-state index contributed by atoms with van der Waals surface area (Å²) in [5, 5.41) is 18.4. The Morgan fingerprint density at radius 1 is 1.43 bits per heavy atom. The highest BCUT2D eigenvalue weighted by Crippen LogP contribution is 2.25. The maximum atomic E-state index is 11.5. The van der Waals surface area contributed by atoms with Crippen LogP contribution in [-0.4, -0.2) is 17.9 Å². The molecule has 0 aliphatic heterocycles. The molecule has 0 spiro atoms. The summed E-state index contributed by atoms with van der Waals surface area (Å²) in [5.74, 6) is -0.250. The summed E-state index contributed by atoms with van der Waals surface area (Å²) in [6.07, 6.45) is 0. The lowest BCUT2D eigenvalue weighted by Crippen LogP contribution is -2.18. The third kappa shape index (κ3) is 3.71. The van der Waals surface area contributed by atoms with Crippen molar-refractivity contribution in [2.75, 3.05) is 12.4 Å². The Balaban J connectivity index is 2.04. The quantitative estimate of drug-likeness (QED) is 0.652. The number of nitro groups is 1. The van der Waals surface area contributed by atoms with Gasteiger partial charge in [0.15, 0.2) is 0 Å². The van der Waals surface area contributed by atoms with E-state index in [-0.39, 0.29) is 10.9 Å². The van der Waals surface area contributed by atoms with Crippen LogP contribution in [0, 0.1) is 10.1 Å².